The maximum atomic E-state index is 12.1. The van der Waals surface area contributed by atoms with E-state index in [1.807, 2.05) is 0 Å². The second-order valence-corrected chi connectivity index (χ2v) is 10.8. The molecule has 0 bridgehead atoms. The van der Waals surface area contributed by atoms with E-state index in [1.165, 1.54) is 27.2 Å². The zero-order valence-corrected chi connectivity index (χ0v) is 18.0. The Balaban J connectivity index is 1.40. The van der Waals surface area contributed by atoms with Crippen molar-refractivity contribution < 1.29 is 8.42 Å². The van der Waals surface area contributed by atoms with Gasteiger partial charge in [0.05, 0.1) is 5.25 Å². The molecule has 1 fully saturated rings. The lowest BCUT2D eigenvalue weighted by molar-refractivity contribution is 0.323. The van der Waals surface area contributed by atoms with Crippen molar-refractivity contribution in [1.29, 1.82) is 0 Å². The summed E-state index contributed by atoms with van der Waals surface area (Å²) in [7, 11) is -3.18. The monoisotopic (exact) mass is 410 g/mol. The minimum atomic E-state index is -3.18. The second kappa shape index (κ2) is 8.33. The molecule has 3 aromatic carbocycles. The molecule has 2 N–H and O–H groups in total. The molecule has 4 nitrogen and oxygen atoms in total. The molecule has 154 valence electrons. The van der Waals surface area contributed by atoms with E-state index in [2.05, 4.69) is 64.6 Å². The number of hydrogen-bond donors (Lipinski definition) is 2. The van der Waals surface area contributed by atoms with Gasteiger partial charge in [0, 0.05) is 23.7 Å². The van der Waals surface area contributed by atoms with Gasteiger partial charge in [0.25, 0.3) is 0 Å². The number of sulfonamides is 1. The van der Waals surface area contributed by atoms with E-state index in [4.69, 9.17) is 0 Å². The van der Waals surface area contributed by atoms with Gasteiger partial charge in [0.2, 0.25) is 10.0 Å². The highest BCUT2D eigenvalue weighted by molar-refractivity contribution is 7.90. The molecule has 0 spiro atoms. The van der Waals surface area contributed by atoms with Gasteiger partial charge >= 0.3 is 0 Å². The SMILES string of the molecule is CC(C)S(=O)(=O)NC1CCC(CNc2cccc3cc4ccccc4cc23)CC1. The first-order valence-electron chi connectivity index (χ1n) is 10.6. The normalized spacial score (nSPS) is 20.4. The van der Waals surface area contributed by atoms with Gasteiger partial charge in [-0.1, -0.05) is 36.4 Å². The van der Waals surface area contributed by atoms with Crippen molar-refractivity contribution >= 4 is 37.3 Å². The average molecular weight is 411 g/mol. The van der Waals surface area contributed by atoms with E-state index in [-0.39, 0.29) is 11.3 Å². The Morgan fingerprint density at radius 1 is 0.897 bits per heavy atom. The first-order chi connectivity index (χ1) is 13.9. The van der Waals surface area contributed by atoms with Gasteiger partial charge in [-0.2, -0.15) is 0 Å². The Morgan fingerprint density at radius 3 is 2.24 bits per heavy atom. The van der Waals surface area contributed by atoms with E-state index < -0.39 is 10.0 Å². The fraction of sp³-hybridized carbons (Fsp3) is 0.417. The fourth-order valence-electron chi connectivity index (χ4n) is 4.23. The summed E-state index contributed by atoms with van der Waals surface area (Å²) < 4.78 is 27.1. The molecule has 0 aliphatic heterocycles. The fourth-order valence-corrected chi connectivity index (χ4v) is 5.20. The van der Waals surface area contributed by atoms with Crippen LogP contribution in [-0.2, 0) is 10.0 Å². The lowest BCUT2D eigenvalue weighted by Gasteiger charge is -2.30. The van der Waals surface area contributed by atoms with Crippen LogP contribution in [0, 0.1) is 5.92 Å². The van der Waals surface area contributed by atoms with Crippen LogP contribution in [0.15, 0.2) is 54.6 Å². The summed E-state index contributed by atoms with van der Waals surface area (Å²) in [4.78, 5) is 0. The lowest BCUT2D eigenvalue weighted by atomic mass is 9.86. The molecule has 3 aromatic rings. The molecule has 0 heterocycles. The first kappa shape index (κ1) is 20.2. The minimum absolute atomic E-state index is 0.0857. The average Bonchev–Trinajstić information content (AvgIpc) is 2.71. The van der Waals surface area contributed by atoms with Crippen molar-refractivity contribution in [2.24, 2.45) is 5.92 Å². The van der Waals surface area contributed by atoms with E-state index in [0.717, 1.165) is 32.2 Å². The van der Waals surface area contributed by atoms with Gasteiger partial charge in [-0.3, -0.25) is 0 Å². The van der Waals surface area contributed by atoms with Gasteiger partial charge in [0.1, 0.15) is 0 Å². The summed E-state index contributed by atoms with van der Waals surface area (Å²) in [6, 6.07) is 19.5. The van der Waals surface area contributed by atoms with Crippen molar-refractivity contribution in [2.45, 2.75) is 50.8 Å². The molecule has 1 aliphatic rings. The summed E-state index contributed by atoms with van der Waals surface area (Å²) >= 11 is 0. The van der Waals surface area contributed by atoms with Crippen molar-refractivity contribution in [1.82, 2.24) is 4.72 Å². The smallest absolute Gasteiger partial charge is 0.214 e. The largest absolute Gasteiger partial charge is 0.384 e. The van der Waals surface area contributed by atoms with Crippen LogP contribution in [0.3, 0.4) is 0 Å². The molecule has 0 saturated heterocycles. The third kappa shape index (κ3) is 4.57. The number of anilines is 1. The van der Waals surface area contributed by atoms with Crippen LogP contribution in [0.25, 0.3) is 21.5 Å². The highest BCUT2D eigenvalue weighted by atomic mass is 32.2. The van der Waals surface area contributed by atoms with Gasteiger partial charge in [0.15, 0.2) is 0 Å². The third-order valence-electron chi connectivity index (χ3n) is 6.13. The van der Waals surface area contributed by atoms with Crippen LogP contribution >= 0.6 is 0 Å². The van der Waals surface area contributed by atoms with Crippen molar-refractivity contribution in [3.63, 3.8) is 0 Å². The van der Waals surface area contributed by atoms with E-state index in [0.29, 0.717) is 5.92 Å². The maximum Gasteiger partial charge on any atom is 0.214 e. The predicted octanol–water partition coefficient (Wildman–Crippen LogP) is 5.29. The highest BCUT2D eigenvalue weighted by Crippen LogP contribution is 2.30. The van der Waals surface area contributed by atoms with Crippen LogP contribution in [0.5, 0.6) is 0 Å². The van der Waals surface area contributed by atoms with Crippen LogP contribution in [0.1, 0.15) is 39.5 Å². The summed E-state index contributed by atoms with van der Waals surface area (Å²) in [5, 5.41) is 8.32. The molecule has 0 amide bonds. The summed E-state index contributed by atoms with van der Waals surface area (Å²) in [6.45, 7) is 4.38. The molecule has 4 rings (SSSR count). The standard InChI is InChI=1S/C24H30N2O2S/c1-17(2)29(27,28)26-22-12-10-18(11-13-22)16-25-24-9-5-8-21-14-19-6-3-4-7-20(19)15-23(21)24/h3-9,14-15,17-18,22,25-26H,10-13,16H2,1-2H3. The van der Waals surface area contributed by atoms with Crippen LogP contribution < -0.4 is 10.0 Å². The molecule has 0 atom stereocenters. The quantitative estimate of drug-likeness (QED) is 0.543. The van der Waals surface area contributed by atoms with E-state index >= 15 is 0 Å². The minimum Gasteiger partial charge on any atom is -0.384 e. The van der Waals surface area contributed by atoms with E-state index in [1.54, 1.807) is 13.8 Å². The topological polar surface area (TPSA) is 58.2 Å². The van der Waals surface area contributed by atoms with Gasteiger partial charge in [-0.25, -0.2) is 13.1 Å². The van der Waals surface area contributed by atoms with Gasteiger partial charge in [-0.15, -0.1) is 0 Å². The van der Waals surface area contributed by atoms with Crippen molar-refractivity contribution in [2.75, 3.05) is 11.9 Å². The maximum absolute atomic E-state index is 12.1. The molecule has 29 heavy (non-hydrogen) atoms. The molecular weight excluding hydrogens is 380 g/mol. The van der Waals surface area contributed by atoms with Crippen LogP contribution in [0.4, 0.5) is 5.69 Å². The Bertz CT molecular complexity index is 1100. The zero-order chi connectivity index (χ0) is 20.4. The Kier molecular flexibility index (Phi) is 5.79. The third-order valence-corrected chi connectivity index (χ3v) is 8.03. The molecule has 0 radical (unpaired) electrons. The number of hydrogen-bond acceptors (Lipinski definition) is 3. The first-order valence-corrected chi connectivity index (χ1v) is 12.1. The number of benzene rings is 3. The number of rotatable bonds is 6. The summed E-state index contributed by atoms with van der Waals surface area (Å²) in [5.74, 6) is 0.575. The molecule has 5 heteroatoms. The van der Waals surface area contributed by atoms with E-state index in [9.17, 15) is 8.42 Å². The van der Waals surface area contributed by atoms with Crippen LogP contribution in [0.2, 0.25) is 0 Å². The number of nitrogens with one attached hydrogen (secondary N) is 2. The summed E-state index contributed by atoms with van der Waals surface area (Å²) in [6.07, 6.45) is 3.93. The van der Waals surface area contributed by atoms with Gasteiger partial charge in [-0.05, 0) is 79.8 Å². The molecular formula is C24H30N2O2S. The zero-order valence-electron chi connectivity index (χ0n) is 17.2. The lowest BCUT2D eigenvalue weighted by Crippen LogP contribution is -2.41. The molecule has 1 aliphatic carbocycles. The Hall–Kier alpha value is -2.11. The molecule has 0 unspecified atom stereocenters. The highest BCUT2D eigenvalue weighted by Gasteiger charge is 2.26. The molecule has 0 aromatic heterocycles. The molecule has 1 saturated carbocycles. The Labute approximate surface area is 173 Å². The summed E-state index contributed by atoms with van der Waals surface area (Å²) in [5.41, 5.74) is 1.18. The Morgan fingerprint density at radius 2 is 1.55 bits per heavy atom. The van der Waals surface area contributed by atoms with Crippen molar-refractivity contribution in [3.8, 4) is 0 Å². The number of fused-ring (bicyclic) bond motifs is 2. The predicted molar refractivity (Wildman–Crippen MR) is 123 cm³/mol. The van der Waals surface area contributed by atoms with Crippen LogP contribution in [-0.4, -0.2) is 26.3 Å². The second-order valence-electron chi connectivity index (χ2n) is 8.54. The van der Waals surface area contributed by atoms with Gasteiger partial charge < -0.3 is 5.32 Å². The van der Waals surface area contributed by atoms with Crippen molar-refractivity contribution in [3.05, 3.63) is 54.6 Å².